The lowest BCUT2D eigenvalue weighted by atomic mass is 10.1. The van der Waals surface area contributed by atoms with Gasteiger partial charge in [-0.2, -0.15) is 11.3 Å². The monoisotopic (exact) mass is 478 g/mol. The Balaban J connectivity index is 1.25. The van der Waals surface area contributed by atoms with Crippen LogP contribution in [0.4, 0.5) is 4.39 Å². The molecule has 6 rings (SSSR count). The van der Waals surface area contributed by atoms with Crippen LogP contribution in [-0.2, 0) is 35.7 Å². The van der Waals surface area contributed by atoms with Gasteiger partial charge in [-0.15, -0.1) is 0 Å². The van der Waals surface area contributed by atoms with E-state index in [9.17, 15) is 14.0 Å². The molecule has 0 N–H and O–H groups in total. The normalized spacial score (nSPS) is 16.7. The van der Waals surface area contributed by atoms with Crippen LogP contribution in [0.1, 0.15) is 45.6 Å². The van der Waals surface area contributed by atoms with E-state index in [0.29, 0.717) is 34.3 Å². The number of thiophene rings is 1. The standard InChI is InChI=1S/C25H19FN2O5S/c26-18-8-16(22-17(9-18)12-32-25(33-22)15-5-7-34-13-15)11-31-24(30)14-3-4-19-20(10-14)27-21-2-1-6-28(21)23(19)29/h3-5,7-10,13,25H,1-2,6,11-12H2/t25-/m0/s1. The number of rotatable bonds is 4. The Bertz CT molecular complexity index is 1480. The maximum Gasteiger partial charge on any atom is 0.338 e. The first-order valence-corrected chi connectivity index (χ1v) is 11.8. The molecule has 4 aromatic rings. The number of fused-ring (bicyclic) bond motifs is 3. The minimum Gasteiger partial charge on any atom is -0.460 e. The Morgan fingerprint density at radius 3 is 3.03 bits per heavy atom. The molecule has 0 spiro atoms. The lowest BCUT2D eigenvalue weighted by Crippen LogP contribution is -2.21. The van der Waals surface area contributed by atoms with Crippen LogP contribution in [0.3, 0.4) is 0 Å². The van der Waals surface area contributed by atoms with Crippen molar-refractivity contribution in [1.82, 2.24) is 9.55 Å². The molecule has 0 unspecified atom stereocenters. The van der Waals surface area contributed by atoms with Crippen molar-refractivity contribution in [3.05, 3.63) is 91.4 Å². The third-order valence-electron chi connectivity index (χ3n) is 6.05. The summed E-state index contributed by atoms with van der Waals surface area (Å²) in [6.07, 6.45) is 1.01. The molecule has 0 radical (unpaired) electrons. The third-order valence-corrected chi connectivity index (χ3v) is 6.75. The van der Waals surface area contributed by atoms with Gasteiger partial charge in [0.1, 0.15) is 24.0 Å². The second kappa shape index (κ2) is 8.34. The van der Waals surface area contributed by atoms with Gasteiger partial charge in [-0.1, -0.05) is 0 Å². The highest BCUT2D eigenvalue weighted by atomic mass is 32.1. The van der Waals surface area contributed by atoms with Crippen LogP contribution < -0.4 is 10.3 Å². The summed E-state index contributed by atoms with van der Waals surface area (Å²) in [5, 5.41) is 4.31. The van der Waals surface area contributed by atoms with Crippen LogP contribution in [0.5, 0.6) is 5.75 Å². The first-order valence-electron chi connectivity index (χ1n) is 10.9. The summed E-state index contributed by atoms with van der Waals surface area (Å²) in [7, 11) is 0. The molecule has 1 atom stereocenters. The number of esters is 1. The summed E-state index contributed by atoms with van der Waals surface area (Å²) < 4.78 is 33.1. The van der Waals surface area contributed by atoms with Crippen molar-refractivity contribution in [3.8, 4) is 5.75 Å². The number of benzene rings is 2. The van der Waals surface area contributed by atoms with E-state index in [4.69, 9.17) is 14.2 Å². The van der Waals surface area contributed by atoms with E-state index in [2.05, 4.69) is 4.98 Å². The smallest absolute Gasteiger partial charge is 0.338 e. The second-order valence-electron chi connectivity index (χ2n) is 8.27. The molecule has 9 heteroatoms. The predicted octanol–water partition coefficient (Wildman–Crippen LogP) is 4.51. The second-order valence-corrected chi connectivity index (χ2v) is 9.05. The highest BCUT2D eigenvalue weighted by Crippen LogP contribution is 2.37. The molecule has 0 saturated carbocycles. The first kappa shape index (κ1) is 21.0. The number of hydrogen-bond donors (Lipinski definition) is 0. The zero-order valence-electron chi connectivity index (χ0n) is 18.0. The lowest BCUT2D eigenvalue weighted by Gasteiger charge is -2.27. The largest absolute Gasteiger partial charge is 0.460 e. The molecule has 0 amide bonds. The van der Waals surface area contributed by atoms with Gasteiger partial charge in [0, 0.05) is 35.0 Å². The SMILES string of the molecule is O=C(OCc1cc(F)cc2c1O[C@@H](c1ccsc1)OC2)c1ccc2c(=O)n3c(nc2c1)CCC3. The summed E-state index contributed by atoms with van der Waals surface area (Å²) in [5.74, 6) is 0.133. The van der Waals surface area contributed by atoms with Crippen molar-refractivity contribution in [2.45, 2.75) is 38.9 Å². The molecular formula is C25H19FN2O5S. The van der Waals surface area contributed by atoms with Crippen molar-refractivity contribution < 1.29 is 23.4 Å². The molecule has 0 fully saturated rings. The first-order chi connectivity index (χ1) is 16.6. The molecule has 34 heavy (non-hydrogen) atoms. The zero-order valence-corrected chi connectivity index (χ0v) is 18.8. The highest BCUT2D eigenvalue weighted by molar-refractivity contribution is 7.07. The van der Waals surface area contributed by atoms with Gasteiger partial charge < -0.3 is 14.2 Å². The Morgan fingerprint density at radius 2 is 2.18 bits per heavy atom. The summed E-state index contributed by atoms with van der Waals surface area (Å²) >= 11 is 1.53. The summed E-state index contributed by atoms with van der Waals surface area (Å²) in [5.41, 5.74) is 2.49. The third kappa shape index (κ3) is 3.66. The van der Waals surface area contributed by atoms with Crippen LogP contribution in [0, 0.1) is 5.82 Å². The van der Waals surface area contributed by atoms with Crippen molar-refractivity contribution in [1.29, 1.82) is 0 Å². The van der Waals surface area contributed by atoms with E-state index in [-0.39, 0.29) is 24.3 Å². The number of hydrogen-bond acceptors (Lipinski definition) is 7. The quantitative estimate of drug-likeness (QED) is 0.402. The Kier molecular flexibility index (Phi) is 5.15. The van der Waals surface area contributed by atoms with Crippen molar-refractivity contribution in [3.63, 3.8) is 0 Å². The number of aryl methyl sites for hydroxylation is 1. The van der Waals surface area contributed by atoms with Gasteiger partial charge in [0.15, 0.2) is 0 Å². The van der Waals surface area contributed by atoms with Gasteiger partial charge >= 0.3 is 5.97 Å². The number of halogens is 1. The fourth-order valence-corrected chi connectivity index (χ4v) is 5.06. The fraction of sp³-hybridized carbons (Fsp3) is 0.240. The Labute approximate surface area is 197 Å². The van der Waals surface area contributed by atoms with Gasteiger partial charge in [-0.25, -0.2) is 14.2 Å². The summed E-state index contributed by atoms with van der Waals surface area (Å²) in [4.78, 5) is 30.0. The van der Waals surface area contributed by atoms with E-state index in [1.807, 2.05) is 16.8 Å². The van der Waals surface area contributed by atoms with Crippen LogP contribution in [-0.4, -0.2) is 15.5 Å². The number of ether oxygens (including phenoxy) is 3. The minimum atomic E-state index is -0.605. The molecule has 2 aliphatic rings. The molecule has 2 aromatic heterocycles. The highest BCUT2D eigenvalue weighted by Gasteiger charge is 2.26. The van der Waals surface area contributed by atoms with Crippen molar-refractivity contribution in [2.24, 2.45) is 0 Å². The van der Waals surface area contributed by atoms with Crippen LogP contribution in [0.2, 0.25) is 0 Å². The number of carbonyl (C=O) groups is 1. The Morgan fingerprint density at radius 1 is 1.26 bits per heavy atom. The number of carbonyl (C=O) groups excluding carboxylic acids is 1. The molecule has 0 bridgehead atoms. The lowest BCUT2D eigenvalue weighted by molar-refractivity contribution is -0.112. The van der Waals surface area contributed by atoms with Gasteiger partial charge in [-0.05, 0) is 48.2 Å². The fourth-order valence-electron chi connectivity index (χ4n) is 4.39. The summed E-state index contributed by atoms with van der Waals surface area (Å²) in [6.45, 7) is 0.678. The van der Waals surface area contributed by atoms with Gasteiger partial charge in [0.2, 0.25) is 6.29 Å². The number of nitrogens with zero attached hydrogens (tertiary/aromatic N) is 2. The molecule has 0 aliphatic carbocycles. The van der Waals surface area contributed by atoms with E-state index >= 15 is 0 Å². The van der Waals surface area contributed by atoms with E-state index < -0.39 is 18.1 Å². The van der Waals surface area contributed by atoms with E-state index in [0.717, 1.165) is 24.2 Å². The molecule has 0 saturated heterocycles. The zero-order chi connectivity index (χ0) is 23.2. The predicted molar refractivity (Wildman–Crippen MR) is 122 cm³/mol. The van der Waals surface area contributed by atoms with Gasteiger partial charge in [0.05, 0.1) is 23.1 Å². The van der Waals surface area contributed by atoms with Crippen molar-refractivity contribution in [2.75, 3.05) is 0 Å². The van der Waals surface area contributed by atoms with Crippen molar-refractivity contribution >= 4 is 28.2 Å². The number of aromatic nitrogens is 2. The minimum absolute atomic E-state index is 0.0941. The molecular weight excluding hydrogens is 459 g/mol. The molecule has 4 heterocycles. The maximum atomic E-state index is 14.2. The van der Waals surface area contributed by atoms with Crippen LogP contribution in [0.15, 0.2) is 52.0 Å². The van der Waals surface area contributed by atoms with E-state index in [1.165, 1.54) is 23.5 Å². The average molecular weight is 479 g/mol. The maximum absolute atomic E-state index is 14.2. The topological polar surface area (TPSA) is 79.7 Å². The average Bonchev–Trinajstić information content (AvgIpc) is 3.54. The molecule has 172 valence electrons. The van der Waals surface area contributed by atoms with E-state index in [1.54, 1.807) is 22.8 Å². The van der Waals surface area contributed by atoms with Gasteiger partial charge in [0.25, 0.3) is 5.56 Å². The Hall–Kier alpha value is -3.56. The van der Waals surface area contributed by atoms with Gasteiger partial charge in [-0.3, -0.25) is 9.36 Å². The molecule has 2 aliphatic heterocycles. The van der Waals surface area contributed by atoms with Crippen LogP contribution >= 0.6 is 11.3 Å². The molecule has 2 aromatic carbocycles. The van der Waals surface area contributed by atoms with Crippen LogP contribution in [0.25, 0.3) is 10.9 Å². The summed E-state index contributed by atoms with van der Waals surface area (Å²) in [6, 6.07) is 9.27. The molecule has 7 nitrogen and oxygen atoms in total.